The second-order valence-corrected chi connectivity index (χ2v) is 5.26. The number of amides is 1. The molecule has 1 aromatic heterocycles. The van der Waals surface area contributed by atoms with Gasteiger partial charge in [0, 0.05) is 5.69 Å². The van der Waals surface area contributed by atoms with E-state index in [2.05, 4.69) is 15.5 Å². The average Bonchev–Trinajstić information content (AvgIpc) is 3.02. The molecule has 1 amide bonds. The van der Waals surface area contributed by atoms with Gasteiger partial charge in [0.25, 0.3) is 0 Å². The van der Waals surface area contributed by atoms with Gasteiger partial charge in [-0.25, -0.2) is 0 Å². The van der Waals surface area contributed by atoms with Gasteiger partial charge in [0.15, 0.2) is 0 Å². The number of nitrogens with one attached hydrogen (secondary N) is 1. The van der Waals surface area contributed by atoms with Crippen LogP contribution in [0.25, 0.3) is 5.69 Å². The van der Waals surface area contributed by atoms with Crippen LogP contribution in [-0.2, 0) is 4.79 Å². The smallest absolute Gasteiger partial charge is 0.227 e. The second kappa shape index (κ2) is 7.41. The Morgan fingerprint density at radius 1 is 1.17 bits per heavy atom. The first-order valence-electron chi connectivity index (χ1n) is 7.67. The van der Waals surface area contributed by atoms with Crippen molar-refractivity contribution in [2.24, 2.45) is 0 Å². The van der Waals surface area contributed by atoms with Gasteiger partial charge in [-0.2, -0.15) is 0 Å². The number of para-hydroxylation sites is 1. The summed E-state index contributed by atoms with van der Waals surface area (Å²) in [6.45, 7) is 2.21. The van der Waals surface area contributed by atoms with E-state index in [1.807, 2.05) is 66.1 Å². The fraction of sp³-hybridized carbons (Fsp3) is 0.167. The minimum Gasteiger partial charge on any atom is -0.493 e. The van der Waals surface area contributed by atoms with Gasteiger partial charge in [0.05, 0.1) is 18.7 Å². The van der Waals surface area contributed by atoms with Crippen LogP contribution in [0.1, 0.15) is 12.2 Å². The Morgan fingerprint density at radius 3 is 2.75 bits per heavy atom. The average molecular weight is 322 g/mol. The molecule has 0 bridgehead atoms. The fourth-order valence-corrected chi connectivity index (χ4v) is 2.28. The van der Waals surface area contributed by atoms with Crippen LogP contribution in [-0.4, -0.2) is 27.3 Å². The van der Waals surface area contributed by atoms with Gasteiger partial charge in [0.1, 0.15) is 17.9 Å². The maximum atomic E-state index is 12.0. The molecule has 0 atom stereocenters. The van der Waals surface area contributed by atoms with Gasteiger partial charge >= 0.3 is 0 Å². The second-order valence-electron chi connectivity index (χ2n) is 5.26. The van der Waals surface area contributed by atoms with E-state index in [-0.39, 0.29) is 12.3 Å². The number of hydrogen-bond acceptors (Lipinski definition) is 4. The quantitative estimate of drug-likeness (QED) is 0.757. The summed E-state index contributed by atoms with van der Waals surface area (Å²) in [5, 5.41) is 10.7. The summed E-state index contributed by atoms with van der Waals surface area (Å²) in [5.41, 5.74) is 1.63. The predicted molar refractivity (Wildman–Crippen MR) is 91.3 cm³/mol. The molecular formula is C18H18N4O2. The third-order valence-corrected chi connectivity index (χ3v) is 3.47. The Bertz CT molecular complexity index is 815. The number of benzene rings is 2. The Balaban J connectivity index is 1.56. The molecule has 3 aromatic rings. The van der Waals surface area contributed by atoms with E-state index in [4.69, 9.17) is 4.74 Å². The van der Waals surface area contributed by atoms with Crippen molar-refractivity contribution in [2.45, 2.75) is 13.3 Å². The first kappa shape index (κ1) is 15.7. The number of carbonyl (C=O) groups excluding carboxylic acids is 1. The molecule has 0 spiro atoms. The van der Waals surface area contributed by atoms with Crippen molar-refractivity contribution in [1.82, 2.24) is 14.8 Å². The molecule has 2 aromatic carbocycles. The topological polar surface area (TPSA) is 69.0 Å². The summed E-state index contributed by atoms with van der Waals surface area (Å²) >= 11 is 0. The van der Waals surface area contributed by atoms with Crippen molar-refractivity contribution in [2.75, 3.05) is 11.9 Å². The van der Waals surface area contributed by atoms with E-state index in [9.17, 15) is 4.79 Å². The van der Waals surface area contributed by atoms with Crippen molar-refractivity contribution in [3.8, 4) is 11.4 Å². The number of hydrogen-bond donors (Lipinski definition) is 1. The summed E-state index contributed by atoms with van der Waals surface area (Å²) in [4.78, 5) is 12.0. The highest BCUT2D eigenvalue weighted by Crippen LogP contribution is 2.16. The standard InChI is InChI=1S/C18H18N4O2/c1-14-21-19-13-22(14)16-7-5-6-15(12-16)20-18(23)10-11-24-17-8-3-2-4-9-17/h2-9,12-13H,10-11H2,1H3,(H,20,23). The molecule has 0 aliphatic heterocycles. The minimum absolute atomic E-state index is 0.0939. The molecule has 0 saturated carbocycles. The first-order chi connectivity index (χ1) is 11.7. The Labute approximate surface area is 140 Å². The highest BCUT2D eigenvalue weighted by atomic mass is 16.5. The van der Waals surface area contributed by atoms with Crippen LogP contribution < -0.4 is 10.1 Å². The largest absolute Gasteiger partial charge is 0.493 e. The maximum Gasteiger partial charge on any atom is 0.227 e. The SMILES string of the molecule is Cc1nncn1-c1cccc(NC(=O)CCOc2ccccc2)c1. The number of carbonyl (C=O) groups is 1. The molecule has 0 fully saturated rings. The summed E-state index contributed by atoms with van der Waals surface area (Å²) in [6.07, 6.45) is 1.93. The molecule has 6 nitrogen and oxygen atoms in total. The minimum atomic E-state index is -0.0939. The Morgan fingerprint density at radius 2 is 2.00 bits per heavy atom. The summed E-state index contributed by atoms with van der Waals surface area (Å²) in [7, 11) is 0. The summed E-state index contributed by atoms with van der Waals surface area (Å²) < 4.78 is 7.39. The van der Waals surface area contributed by atoms with E-state index in [0.29, 0.717) is 6.61 Å². The molecule has 122 valence electrons. The van der Waals surface area contributed by atoms with Crippen molar-refractivity contribution in [1.29, 1.82) is 0 Å². The van der Waals surface area contributed by atoms with Crippen LogP contribution in [0.5, 0.6) is 5.75 Å². The number of rotatable bonds is 6. The van der Waals surface area contributed by atoms with Crippen LogP contribution in [0.4, 0.5) is 5.69 Å². The lowest BCUT2D eigenvalue weighted by Gasteiger charge is -2.09. The molecule has 0 unspecified atom stereocenters. The van der Waals surface area contributed by atoms with E-state index in [0.717, 1.165) is 22.9 Å². The Kier molecular flexibility index (Phi) is 4.86. The van der Waals surface area contributed by atoms with Crippen LogP contribution in [0, 0.1) is 6.92 Å². The molecule has 1 heterocycles. The Hall–Kier alpha value is -3.15. The lowest BCUT2D eigenvalue weighted by atomic mass is 10.2. The van der Waals surface area contributed by atoms with Gasteiger partial charge in [-0.15, -0.1) is 10.2 Å². The number of aromatic nitrogens is 3. The zero-order valence-corrected chi connectivity index (χ0v) is 13.3. The van der Waals surface area contributed by atoms with Crippen molar-refractivity contribution < 1.29 is 9.53 Å². The zero-order valence-electron chi connectivity index (χ0n) is 13.3. The van der Waals surface area contributed by atoms with Crippen molar-refractivity contribution in [3.63, 3.8) is 0 Å². The third-order valence-electron chi connectivity index (χ3n) is 3.47. The first-order valence-corrected chi connectivity index (χ1v) is 7.67. The molecule has 1 N–H and O–H groups in total. The maximum absolute atomic E-state index is 12.0. The van der Waals surface area contributed by atoms with Crippen molar-refractivity contribution in [3.05, 3.63) is 66.7 Å². The van der Waals surface area contributed by atoms with E-state index >= 15 is 0 Å². The highest BCUT2D eigenvalue weighted by Gasteiger charge is 2.06. The van der Waals surface area contributed by atoms with E-state index in [1.165, 1.54) is 0 Å². The van der Waals surface area contributed by atoms with Crippen LogP contribution in [0.3, 0.4) is 0 Å². The molecule has 3 rings (SSSR count). The molecule has 24 heavy (non-hydrogen) atoms. The van der Waals surface area contributed by atoms with Crippen LogP contribution >= 0.6 is 0 Å². The van der Waals surface area contributed by atoms with Gasteiger partial charge in [-0.3, -0.25) is 9.36 Å². The summed E-state index contributed by atoms with van der Waals surface area (Å²) in [6, 6.07) is 17.0. The molecule has 0 radical (unpaired) electrons. The number of aryl methyl sites for hydroxylation is 1. The van der Waals surface area contributed by atoms with Gasteiger partial charge in [0.2, 0.25) is 5.91 Å². The lowest BCUT2D eigenvalue weighted by molar-refractivity contribution is -0.116. The summed E-state index contributed by atoms with van der Waals surface area (Å²) in [5.74, 6) is 1.45. The third kappa shape index (κ3) is 3.98. The molecular weight excluding hydrogens is 304 g/mol. The lowest BCUT2D eigenvalue weighted by Crippen LogP contribution is -2.15. The van der Waals surface area contributed by atoms with Crippen LogP contribution in [0.2, 0.25) is 0 Å². The van der Waals surface area contributed by atoms with Gasteiger partial charge in [-0.1, -0.05) is 24.3 Å². The molecule has 0 saturated heterocycles. The normalized spacial score (nSPS) is 10.4. The monoisotopic (exact) mass is 322 g/mol. The predicted octanol–water partition coefficient (Wildman–Crippen LogP) is 2.98. The van der Waals surface area contributed by atoms with Gasteiger partial charge in [-0.05, 0) is 37.3 Å². The zero-order chi connectivity index (χ0) is 16.8. The number of anilines is 1. The van der Waals surface area contributed by atoms with E-state index in [1.54, 1.807) is 6.33 Å². The fourth-order valence-electron chi connectivity index (χ4n) is 2.28. The number of nitrogens with zero attached hydrogens (tertiary/aromatic N) is 3. The van der Waals surface area contributed by atoms with Crippen LogP contribution in [0.15, 0.2) is 60.9 Å². The number of ether oxygens (including phenoxy) is 1. The molecule has 6 heteroatoms. The van der Waals surface area contributed by atoms with Crippen molar-refractivity contribution >= 4 is 11.6 Å². The highest BCUT2D eigenvalue weighted by molar-refractivity contribution is 5.91. The van der Waals surface area contributed by atoms with E-state index < -0.39 is 0 Å². The molecule has 0 aliphatic rings. The van der Waals surface area contributed by atoms with Gasteiger partial charge < -0.3 is 10.1 Å². The molecule has 0 aliphatic carbocycles.